The van der Waals surface area contributed by atoms with E-state index in [0.29, 0.717) is 17.4 Å². The number of likely N-dealkylation sites (N-methyl/N-ethyl adjacent to an activating group) is 1. The van der Waals surface area contributed by atoms with E-state index in [9.17, 15) is 19.0 Å². The number of nitrogens with zero attached hydrogens (tertiary/aromatic N) is 1. The summed E-state index contributed by atoms with van der Waals surface area (Å²) in [6.07, 6.45) is 83.7. The van der Waals surface area contributed by atoms with Crippen LogP contribution >= 0.6 is 7.82 Å². The molecule has 0 fully saturated rings. The molecule has 0 heterocycles. The van der Waals surface area contributed by atoms with Crippen LogP contribution in [0.1, 0.15) is 425 Å². The van der Waals surface area contributed by atoms with Crippen LogP contribution in [0.15, 0.2) is 0 Å². The van der Waals surface area contributed by atoms with Crippen molar-refractivity contribution in [3.63, 3.8) is 0 Å². The zero-order valence-electron chi connectivity index (χ0n) is 58.8. The number of phosphoric ester groups is 1. The van der Waals surface area contributed by atoms with Gasteiger partial charge in [0.05, 0.1) is 27.7 Å². The molecule has 0 bridgehead atoms. The van der Waals surface area contributed by atoms with Gasteiger partial charge in [0.1, 0.15) is 19.8 Å². The van der Waals surface area contributed by atoms with Gasteiger partial charge in [0.2, 0.25) is 0 Å². The van der Waals surface area contributed by atoms with Crippen molar-refractivity contribution in [3.8, 4) is 0 Å². The van der Waals surface area contributed by atoms with Crippen LogP contribution in [0.5, 0.6) is 0 Å². The normalized spacial score (nSPS) is 13.0. The molecule has 0 amide bonds. The molecule has 0 aliphatic rings. The fourth-order valence-electron chi connectivity index (χ4n) is 12.2. The summed E-state index contributed by atoms with van der Waals surface area (Å²) < 4.78 is 34.4. The number of unbranched alkanes of at least 4 members (excludes halogenated alkanes) is 60. The monoisotopic (exact) mass is 1240 g/mol. The van der Waals surface area contributed by atoms with Crippen molar-refractivity contribution in [2.45, 2.75) is 431 Å². The third-order valence-corrected chi connectivity index (χ3v) is 19.1. The smallest absolute Gasteiger partial charge is 0.306 e. The van der Waals surface area contributed by atoms with Crippen LogP contribution in [-0.2, 0) is 32.7 Å². The lowest BCUT2D eigenvalue weighted by atomic mass is 10.0. The van der Waals surface area contributed by atoms with Crippen LogP contribution in [0.3, 0.4) is 0 Å². The van der Waals surface area contributed by atoms with Gasteiger partial charge in [0.25, 0.3) is 7.82 Å². The van der Waals surface area contributed by atoms with E-state index < -0.39 is 26.5 Å². The molecular formula is C76H152NO8P. The van der Waals surface area contributed by atoms with Crippen LogP contribution < -0.4 is 4.89 Å². The summed E-state index contributed by atoms with van der Waals surface area (Å²) in [5.74, 6) is -0.801. The quantitative estimate of drug-likeness (QED) is 0.0256. The Hall–Kier alpha value is -0.990. The highest BCUT2D eigenvalue weighted by Crippen LogP contribution is 2.38. The molecular weight excluding hydrogens is 1090 g/mol. The van der Waals surface area contributed by atoms with Crippen molar-refractivity contribution in [3.05, 3.63) is 0 Å². The Kier molecular flexibility index (Phi) is 67.6. The molecule has 2 atom stereocenters. The Balaban J connectivity index is 3.91. The first-order valence-electron chi connectivity index (χ1n) is 38.7. The SMILES string of the molecule is CCCCCCCCCCCCCCCCCCCCCCCCCCCCCCCCCCCC(=O)OC(COC(=O)CCCCCCCCCCCCCCCCCCCCCCCCCCCCCCC)COP(=O)([O-])OCC[N+](C)(C)C. The molecule has 0 saturated heterocycles. The Morgan fingerprint density at radius 3 is 0.744 bits per heavy atom. The molecule has 0 N–H and O–H groups in total. The maximum absolute atomic E-state index is 12.9. The number of carbonyl (C=O) groups is 2. The van der Waals surface area contributed by atoms with Gasteiger partial charge in [-0.3, -0.25) is 14.2 Å². The van der Waals surface area contributed by atoms with Crippen molar-refractivity contribution in [1.82, 2.24) is 0 Å². The molecule has 0 aliphatic heterocycles. The van der Waals surface area contributed by atoms with Crippen LogP contribution in [0.2, 0.25) is 0 Å². The van der Waals surface area contributed by atoms with E-state index in [1.807, 2.05) is 21.1 Å². The first-order chi connectivity index (χ1) is 42.0. The number of carbonyl (C=O) groups excluding carboxylic acids is 2. The number of hydrogen-bond acceptors (Lipinski definition) is 8. The molecule has 0 saturated carbocycles. The van der Waals surface area contributed by atoms with Gasteiger partial charge in [0.15, 0.2) is 6.10 Å². The summed E-state index contributed by atoms with van der Waals surface area (Å²) in [6, 6.07) is 0. The topological polar surface area (TPSA) is 111 Å². The summed E-state index contributed by atoms with van der Waals surface area (Å²) in [4.78, 5) is 38.1. The van der Waals surface area contributed by atoms with E-state index in [0.717, 1.165) is 32.1 Å². The lowest BCUT2D eigenvalue weighted by Gasteiger charge is -2.28. The van der Waals surface area contributed by atoms with Crippen molar-refractivity contribution < 1.29 is 42.1 Å². The lowest BCUT2D eigenvalue weighted by Crippen LogP contribution is -2.37. The minimum atomic E-state index is -4.64. The average molecular weight is 1240 g/mol. The average Bonchev–Trinajstić information content (AvgIpc) is 3.70. The van der Waals surface area contributed by atoms with E-state index >= 15 is 0 Å². The second-order valence-corrected chi connectivity index (χ2v) is 29.5. The van der Waals surface area contributed by atoms with E-state index in [4.69, 9.17) is 18.5 Å². The Bertz CT molecular complexity index is 1410. The van der Waals surface area contributed by atoms with Crippen molar-refractivity contribution in [1.29, 1.82) is 0 Å². The van der Waals surface area contributed by atoms with Gasteiger partial charge >= 0.3 is 11.9 Å². The Labute approximate surface area is 537 Å². The van der Waals surface area contributed by atoms with E-state index in [1.165, 1.54) is 360 Å². The maximum Gasteiger partial charge on any atom is 0.306 e. The van der Waals surface area contributed by atoms with E-state index in [-0.39, 0.29) is 32.0 Å². The fourth-order valence-corrected chi connectivity index (χ4v) is 12.9. The minimum absolute atomic E-state index is 0.0247. The second kappa shape index (κ2) is 68.4. The first-order valence-corrected chi connectivity index (χ1v) is 40.2. The number of ether oxygens (including phenoxy) is 2. The molecule has 0 aromatic carbocycles. The van der Waals surface area contributed by atoms with Gasteiger partial charge in [-0.1, -0.05) is 399 Å². The van der Waals surface area contributed by atoms with Gasteiger partial charge in [-0.25, -0.2) is 0 Å². The molecule has 0 aliphatic carbocycles. The van der Waals surface area contributed by atoms with Crippen LogP contribution in [0.25, 0.3) is 0 Å². The van der Waals surface area contributed by atoms with Gasteiger partial charge in [-0.2, -0.15) is 0 Å². The third-order valence-electron chi connectivity index (χ3n) is 18.1. The summed E-state index contributed by atoms with van der Waals surface area (Å²) in [5.41, 5.74) is 0. The third kappa shape index (κ3) is 72.1. The fraction of sp³-hybridized carbons (Fsp3) is 0.974. The molecule has 514 valence electrons. The van der Waals surface area contributed by atoms with E-state index in [1.54, 1.807) is 0 Å². The molecule has 2 unspecified atom stereocenters. The van der Waals surface area contributed by atoms with Gasteiger partial charge < -0.3 is 27.9 Å². The molecule has 10 heteroatoms. The Morgan fingerprint density at radius 1 is 0.314 bits per heavy atom. The highest BCUT2D eigenvalue weighted by molar-refractivity contribution is 7.45. The highest BCUT2D eigenvalue weighted by atomic mass is 31.2. The summed E-state index contributed by atoms with van der Waals surface area (Å²) in [7, 11) is 1.20. The maximum atomic E-state index is 12.9. The van der Waals surface area contributed by atoms with Crippen LogP contribution in [0, 0.1) is 0 Å². The van der Waals surface area contributed by atoms with Crippen molar-refractivity contribution in [2.24, 2.45) is 0 Å². The van der Waals surface area contributed by atoms with Crippen molar-refractivity contribution in [2.75, 3.05) is 47.5 Å². The zero-order chi connectivity index (χ0) is 62.6. The summed E-state index contributed by atoms with van der Waals surface area (Å²) in [6.45, 7) is 4.35. The number of phosphoric acid groups is 1. The highest BCUT2D eigenvalue weighted by Gasteiger charge is 2.22. The molecule has 86 heavy (non-hydrogen) atoms. The van der Waals surface area contributed by atoms with Crippen molar-refractivity contribution >= 4 is 19.8 Å². The predicted octanol–water partition coefficient (Wildman–Crippen LogP) is 24.7. The number of quaternary nitrogens is 1. The molecule has 0 radical (unpaired) electrons. The first kappa shape index (κ1) is 85.0. The molecule has 0 aromatic heterocycles. The Morgan fingerprint density at radius 2 is 0.523 bits per heavy atom. The molecule has 0 spiro atoms. The largest absolute Gasteiger partial charge is 0.756 e. The van der Waals surface area contributed by atoms with Gasteiger partial charge in [0, 0.05) is 12.8 Å². The second-order valence-electron chi connectivity index (χ2n) is 28.1. The number of rotatable bonds is 74. The summed E-state index contributed by atoms with van der Waals surface area (Å²) in [5, 5.41) is 0. The number of esters is 2. The van der Waals surface area contributed by atoms with Crippen LogP contribution in [-0.4, -0.2) is 70.0 Å². The summed E-state index contributed by atoms with van der Waals surface area (Å²) >= 11 is 0. The van der Waals surface area contributed by atoms with Gasteiger partial charge in [-0.15, -0.1) is 0 Å². The van der Waals surface area contributed by atoms with E-state index in [2.05, 4.69) is 13.8 Å². The zero-order valence-corrected chi connectivity index (χ0v) is 59.7. The van der Waals surface area contributed by atoms with Gasteiger partial charge in [-0.05, 0) is 12.8 Å². The molecule has 0 rings (SSSR count). The minimum Gasteiger partial charge on any atom is -0.756 e. The van der Waals surface area contributed by atoms with Crippen LogP contribution in [0.4, 0.5) is 0 Å². The lowest BCUT2D eigenvalue weighted by molar-refractivity contribution is -0.870. The number of hydrogen-bond donors (Lipinski definition) is 0. The predicted molar refractivity (Wildman–Crippen MR) is 370 cm³/mol. The standard InChI is InChI=1S/C76H152NO8P/c1-6-8-10-12-14-16-18-20-22-24-26-28-30-32-34-36-37-38-39-41-43-45-47-49-51-53-55-57-59-61-63-65-67-69-76(79)85-74(73-84-86(80,81)83-71-70-77(3,4)5)72-82-75(78)68-66-64-62-60-58-56-54-52-50-48-46-44-42-40-35-33-31-29-27-25-23-21-19-17-15-13-11-9-7-2/h74H,6-73H2,1-5H3. The molecule has 0 aromatic rings. The molecule has 9 nitrogen and oxygen atoms in total.